The molecule has 0 radical (unpaired) electrons. The molecule has 1 aromatic heterocycles. The molecule has 1 heterocycles. The van der Waals surface area contributed by atoms with E-state index in [9.17, 15) is 4.79 Å². The van der Waals surface area contributed by atoms with Gasteiger partial charge in [-0.2, -0.15) is 0 Å². The van der Waals surface area contributed by atoms with E-state index in [1.807, 2.05) is 25.1 Å². The smallest absolute Gasteiger partial charge is 0.236 e. The van der Waals surface area contributed by atoms with Gasteiger partial charge in [-0.15, -0.1) is 0 Å². The summed E-state index contributed by atoms with van der Waals surface area (Å²) in [6.07, 6.45) is 5.14. The van der Waals surface area contributed by atoms with Crippen LogP contribution in [0, 0.1) is 0 Å². The van der Waals surface area contributed by atoms with Gasteiger partial charge in [-0.3, -0.25) is 9.78 Å². The summed E-state index contributed by atoms with van der Waals surface area (Å²) >= 11 is 0. The number of unbranched alkanes of at least 4 members (excludes halogenated alkanes) is 2. The third kappa shape index (κ3) is 5.77. The summed E-state index contributed by atoms with van der Waals surface area (Å²) in [7, 11) is 0. The molecule has 2 N–H and O–H groups in total. The minimum Gasteiger partial charge on any atom is -0.355 e. The first-order chi connectivity index (χ1) is 8.74. The predicted octanol–water partition coefficient (Wildman–Crippen LogP) is 1.87. The molecule has 0 fully saturated rings. The second-order valence-corrected chi connectivity index (χ2v) is 4.42. The van der Waals surface area contributed by atoms with Crippen molar-refractivity contribution in [2.75, 3.05) is 6.54 Å². The summed E-state index contributed by atoms with van der Waals surface area (Å²) in [6, 6.07) is 5.58. The number of pyridine rings is 1. The molecule has 1 aromatic rings. The largest absolute Gasteiger partial charge is 0.355 e. The van der Waals surface area contributed by atoms with Gasteiger partial charge >= 0.3 is 0 Å². The Kier molecular flexibility index (Phi) is 7.03. The van der Waals surface area contributed by atoms with Crippen molar-refractivity contribution in [3.63, 3.8) is 0 Å². The highest BCUT2D eigenvalue weighted by Gasteiger charge is 2.11. The summed E-state index contributed by atoms with van der Waals surface area (Å²) < 4.78 is 0. The molecule has 0 saturated carbocycles. The van der Waals surface area contributed by atoms with Crippen LogP contribution < -0.4 is 10.6 Å². The topological polar surface area (TPSA) is 54.0 Å². The molecule has 0 bridgehead atoms. The van der Waals surface area contributed by atoms with Crippen LogP contribution in [0.25, 0.3) is 0 Å². The SMILES string of the molecule is CCCCCNC(=O)C(C)NCc1ccccn1. The van der Waals surface area contributed by atoms with Crippen molar-refractivity contribution in [1.29, 1.82) is 0 Å². The molecule has 0 aliphatic heterocycles. The Morgan fingerprint density at radius 3 is 2.89 bits per heavy atom. The quantitative estimate of drug-likeness (QED) is 0.692. The van der Waals surface area contributed by atoms with Crippen molar-refractivity contribution in [3.8, 4) is 0 Å². The van der Waals surface area contributed by atoms with Crippen LogP contribution in [-0.4, -0.2) is 23.5 Å². The van der Waals surface area contributed by atoms with Crippen molar-refractivity contribution in [3.05, 3.63) is 30.1 Å². The number of aromatic nitrogens is 1. The van der Waals surface area contributed by atoms with Crippen molar-refractivity contribution in [2.45, 2.75) is 45.7 Å². The molecule has 1 atom stereocenters. The lowest BCUT2D eigenvalue weighted by Gasteiger charge is -2.13. The van der Waals surface area contributed by atoms with E-state index in [1.54, 1.807) is 6.20 Å². The lowest BCUT2D eigenvalue weighted by molar-refractivity contribution is -0.122. The van der Waals surface area contributed by atoms with Gasteiger partial charge in [-0.05, 0) is 25.5 Å². The van der Waals surface area contributed by atoms with E-state index in [0.717, 1.165) is 25.1 Å². The van der Waals surface area contributed by atoms with Gasteiger partial charge in [0.05, 0.1) is 11.7 Å². The average Bonchev–Trinajstić information content (AvgIpc) is 2.42. The fourth-order valence-corrected chi connectivity index (χ4v) is 1.59. The van der Waals surface area contributed by atoms with Crippen molar-refractivity contribution in [2.24, 2.45) is 0 Å². The van der Waals surface area contributed by atoms with Gasteiger partial charge in [0.15, 0.2) is 0 Å². The number of hydrogen-bond donors (Lipinski definition) is 2. The monoisotopic (exact) mass is 249 g/mol. The molecule has 18 heavy (non-hydrogen) atoms. The molecule has 0 aliphatic carbocycles. The Hall–Kier alpha value is -1.42. The minimum atomic E-state index is -0.186. The molecule has 1 unspecified atom stereocenters. The molecular formula is C14H23N3O. The van der Waals surface area contributed by atoms with E-state index in [2.05, 4.69) is 22.5 Å². The molecule has 1 rings (SSSR count). The van der Waals surface area contributed by atoms with Crippen LogP contribution in [0.2, 0.25) is 0 Å². The summed E-state index contributed by atoms with van der Waals surface area (Å²) in [5.74, 6) is 0.0574. The van der Waals surface area contributed by atoms with E-state index < -0.39 is 0 Å². The van der Waals surface area contributed by atoms with Crippen LogP contribution in [0.5, 0.6) is 0 Å². The maximum atomic E-state index is 11.7. The molecule has 4 nitrogen and oxygen atoms in total. The van der Waals surface area contributed by atoms with Crippen molar-refractivity contribution < 1.29 is 4.79 Å². The summed E-state index contributed by atoms with van der Waals surface area (Å²) in [5.41, 5.74) is 0.947. The number of hydrogen-bond acceptors (Lipinski definition) is 3. The second kappa shape index (κ2) is 8.64. The highest BCUT2D eigenvalue weighted by Crippen LogP contribution is 1.95. The molecule has 0 aromatic carbocycles. The number of nitrogens with zero attached hydrogens (tertiary/aromatic N) is 1. The maximum absolute atomic E-state index is 11.7. The molecule has 4 heteroatoms. The number of carbonyl (C=O) groups is 1. The van der Waals surface area contributed by atoms with Gasteiger partial charge in [0.1, 0.15) is 0 Å². The van der Waals surface area contributed by atoms with E-state index in [0.29, 0.717) is 6.54 Å². The summed E-state index contributed by atoms with van der Waals surface area (Å²) in [4.78, 5) is 15.9. The fraction of sp³-hybridized carbons (Fsp3) is 0.571. The first-order valence-corrected chi connectivity index (χ1v) is 6.65. The number of rotatable bonds is 8. The molecule has 1 amide bonds. The molecule has 100 valence electrons. The zero-order valence-corrected chi connectivity index (χ0v) is 11.3. The standard InChI is InChI=1S/C14H23N3O/c1-3-4-6-10-16-14(18)12(2)17-11-13-8-5-7-9-15-13/h5,7-9,12,17H,3-4,6,10-11H2,1-2H3,(H,16,18). The zero-order chi connectivity index (χ0) is 13.2. The van der Waals surface area contributed by atoms with Gasteiger partial charge in [0, 0.05) is 19.3 Å². The van der Waals surface area contributed by atoms with E-state index in [-0.39, 0.29) is 11.9 Å². The molecule has 0 spiro atoms. The zero-order valence-electron chi connectivity index (χ0n) is 11.3. The predicted molar refractivity (Wildman–Crippen MR) is 73.1 cm³/mol. The number of carbonyl (C=O) groups excluding carboxylic acids is 1. The third-order valence-electron chi connectivity index (χ3n) is 2.79. The third-order valence-corrected chi connectivity index (χ3v) is 2.79. The lowest BCUT2D eigenvalue weighted by atomic mass is 10.2. The Morgan fingerprint density at radius 2 is 2.22 bits per heavy atom. The second-order valence-electron chi connectivity index (χ2n) is 4.42. The van der Waals surface area contributed by atoms with Crippen LogP contribution in [0.4, 0.5) is 0 Å². The van der Waals surface area contributed by atoms with Gasteiger partial charge in [0.25, 0.3) is 0 Å². The maximum Gasteiger partial charge on any atom is 0.236 e. The highest BCUT2D eigenvalue weighted by molar-refractivity contribution is 5.81. The Balaban J connectivity index is 2.19. The van der Waals surface area contributed by atoms with Crippen molar-refractivity contribution in [1.82, 2.24) is 15.6 Å². The van der Waals surface area contributed by atoms with E-state index >= 15 is 0 Å². The van der Waals surface area contributed by atoms with Gasteiger partial charge < -0.3 is 10.6 Å². The Bertz CT molecular complexity index is 340. The van der Waals surface area contributed by atoms with E-state index in [4.69, 9.17) is 0 Å². The van der Waals surface area contributed by atoms with Crippen LogP contribution in [0.15, 0.2) is 24.4 Å². The molecular weight excluding hydrogens is 226 g/mol. The average molecular weight is 249 g/mol. The highest BCUT2D eigenvalue weighted by atomic mass is 16.2. The molecule has 0 aliphatic rings. The number of amides is 1. The Labute approximate surface area is 109 Å². The first-order valence-electron chi connectivity index (χ1n) is 6.65. The lowest BCUT2D eigenvalue weighted by Crippen LogP contribution is -2.42. The molecule has 0 saturated heterocycles. The van der Waals surface area contributed by atoms with Crippen LogP contribution >= 0.6 is 0 Å². The van der Waals surface area contributed by atoms with Crippen molar-refractivity contribution >= 4 is 5.91 Å². The summed E-state index contributed by atoms with van der Waals surface area (Å²) in [5, 5.41) is 6.10. The number of nitrogens with one attached hydrogen (secondary N) is 2. The summed E-state index contributed by atoms with van der Waals surface area (Å²) in [6.45, 7) is 5.41. The fourth-order valence-electron chi connectivity index (χ4n) is 1.59. The van der Waals surface area contributed by atoms with Gasteiger partial charge in [0.2, 0.25) is 5.91 Å². The van der Waals surface area contributed by atoms with Crippen LogP contribution in [0.1, 0.15) is 38.8 Å². The van der Waals surface area contributed by atoms with Crippen LogP contribution in [0.3, 0.4) is 0 Å². The van der Waals surface area contributed by atoms with Crippen LogP contribution in [-0.2, 0) is 11.3 Å². The Morgan fingerprint density at radius 1 is 1.39 bits per heavy atom. The first kappa shape index (κ1) is 14.6. The normalized spacial score (nSPS) is 12.1. The van der Waals surface area contributed by atoms with E-state index in [1.165, 1.54) is 6.42 Å². The van der Waals surface area contributed by atoms with Gasteiger partial charge in [-0.1, -0.05) is 25.8 Å². The minimum absolute atomic E-state index is 0.0574. The van der Waals surface area contributed by atoms with Gasteiger partial charge in [-0.25, -0.2) is 0 Å².